The van der Waals surface area contributed by atoms with Crippen molar-refractivity contribution in [2.45, 2.75) is 25.6 Å². The van der Waals surface area contributed by atoms with Crippen LogP contribution in [0.1, 0.15) is 11.5 Å². The summed E-state index contributed by atoms with van der Waals surface area (Å²) in [7, 11) is 0.917. The average Bonchev–Trinajstić information content (AvgIpc) is 2.30. The fourth-order valence-corrected chi connectivity index (χ4v) is 2.55. The molecule has 1 aromatic rings. The van der Waals surface area contributed by atoms with E-state index in [9.17, 15) is 9.90 Å². The number of aliphatic hydroxyl groups excluding tert-OH is 1. The molecule has 3 radical (unpaired) electrons. The summed E-state index contributed by atoms with van der Waals surface area (Å²) in [6.07, 6.45) is 0. The largest absolute Gasteiger partial charge is 0.544 e. The molecule has 97 valence electrons. The van der Waals surface area contributed by atoms with Crippen molar-refractivity contribution in [3.63, 3.8) is 0 Å². The number of para-hydroxylation sites is 1. The minimum absolute atomic E-state index is 0.324. The van der Waals surface area contributed by atoms with Crippen LogP contribution in [0.3, 0.4) is 0 Å². The Kier molecular flexibility index (Phi) is 5.12. The van der Waals surface area contributed by atoms with E-state index in [1.54, 1.807) is 18.2 Å². The standard InChI is InChI=1S/C12H17O4Si2/c1-18(2,3)16-11-7-5-4-6-9(11)10(8-13)12(14)15-17/h4-7,10,13H,8H2,1-3H3. The van der Waals surface area contributed by atoms with Crippen LogP contribution in [0.2, 0.25) is 19.6 Å². The maximum absolute atomic E-state index is 11.6. The van der Waals surface area contributed by atoms with Crippen LogP contribution >= 0.6 is 0 Å². The van der Waals surface area contributed by atoms with E-state index in [4.69, 9.17) is 4.43 Å². The van der Waals surface area contributed by atoms with E-state index in [1.807, 2.05) is 6.07 Å². The van der Waals surface area contributed by atoms with Crippen LogP contribution in [0.25, 0.3) is 0 Å². The van der Waals surface area contributed by atoms with Gasteiger partial charge in [0.1, 0.15) is 11.7 Å². The van der Waals surface area contributed by atoms with Crippen LogP contribution in [0, 0.1) is 0 Å². The number of rotatable bonds is 5. The van der Waals surface area contributed by atoms with Gasteiger partial charge in [-0.05, 0) is 25.7 Å². The van der Waals surface area contributed by atoms with Crippen LogP contribution in [0.4, 0.5) is 0 Å². The Bertz CT molecular complexity index is 415. The third kappa shape index (κ3) is 3.97. The molecule has 1 rings (SSSR count). The summed E-state index contributed by atoms with van der Waals surface area (Å²) < 4.78 is 10.4. The first-order valence-electron chi connectivity index (χ1n) is 5.65. The van der Waals surface area contributed by atoms with Crippen LogP contribution < -0.4 is 4.43 Å². The highest BCUT2D eigenvalue weighted by Crippen LogP contribution is 2.29. The van der Waals surface area contributed by atoms with Crippen LogP contribution in [0.5, 0.6) is 5.75 Å². The zero-order valence-corrected chi connectivity index (χ0v) is 12.8. The SMILES string of the molecule is C[Si](C)(C)Oc1ccccc1C(CO)C(=O)O[Si]. The Morgan fingerprint density at radius 2 is 2.00 bits per heavy atom. The summed E-state index contributed by atoms with van der Waals surface area (Å²) in [6, 6.07) is 7.21. The van der Waals surface area contributed by atoms with Crippen LogP contribution in [0.15, 0.2) is 24.3 Å². The molecule has 1 atom stereocenters. The summed E-state index contributed by atoms with van der Waals surface area (Å²) in [5.41, 5.74) is 0.644. The lowest BCUT2D eigenvalue weighted by Crippen LogP contribution is -2.30. The molecule has 0 spiro atoms. The van der Waals surface area contributed by atoms with Crippen molar-refractivity contribution in [3.05, 3.63) is 29.8 Å². The van der Waals surface area contributed by atoms with Gasteiger partial charge in [-0.2, -0.15) is 0 Å². The average molecular weight is 281 g/mol. The molecule has 1 N–H and O–H groups in total. The normalized spacial score (nSPS) is 12.9. The second-order valence-electron chi connectivity index (χ2n) is 4.91. The van der Waals surface area contributed by atoms with E-state index in [-0.39, 0.29) is 6.61 Å². The van der Waals surface area contributed by atoms with Gasteiger partial charge in [-0.15, -0.1) is 0 Å². The van der Waals surface area contributed by atoms with Crippen molar-refractivity contribution in [2.24, 2.45) is 0 Å². The molecule has 0 fully saturated rings. The number of hydrogen-bond donors (Lipinski definition) is 1. The third-order valence-electron chi connectivity index (χ3n) is 2.28. The van der Waals surface area contributed by atoms with E-state index in [0.717, 1.165) is 0 Å². The summed E-state index contributed by atoms with van der Waals surface area (Å²) in [4.78, 5) is 11.6. The number of aliphatic hydroxyl groups is 1. The predicted molar refractivity (Wildman–Crippen MR) is 72.1 cm³/mol. The van der Waals surface area contributed by atoms with Gasteiger partial charge in [0.05, 0.1) is 6.61 Å². The molecule has 6 heteroatoms. The van der Waals surface area contributed by atoms with Crippen LogP contribution in [-0.4, -0.2) is 36.5 Å². The molecule has 0 aliphatic carbocycles. The number of carbonyl (C=O) groups is 1. The number of carbonyl (C=O) groups excluding carboxylic acids is 1. The van der Waals surface area contributed by atoms with Crippen molar-refractivity contribution in [1.29, 1.82) is 0 Å². The maximum Gasteiger partial charge on any atom is 0.345 e. The fraction of sp³-hybridized carbons (Fsp3) is 0.417. The van der Waals surface area contributed by atoms with Gasteiger partial charge in [0, 0.05) is 5.56 Å². The minimum atomic E-state index is -1.78. The second kappa shape index (κ2) is 6.17. The zero-order valence-electron chi connectivity index (χ0n) is 10.8. The summed E-state index contributed by atoms with van der Waals surface area (Å²) in [5, 5.41) is 9.34. The molecule has 0 heterocycles. The van der Waals surface area contributed by atoms with E-state index < -0.39 is 20.2 Å². The van der Waals surface area contributed by atoms with E-state index >= 15 is 0 Å². The highest BCUT2D eigenvalue weighted by Gasteiger charge is 2.26. The van der Waals surface area contributed by atoms with Crippen molar-refractivity contribution >= 4 is 24.8 Å². The monoisotopic (exact) mass is 281 g/mol. The fourth-order valence-electron chi connectivity index (χ4n) is 1.56. The van der Waals surface area contributed by atoms with Crippen molar-refractivity contribution in [1.82, 2.24) is 0 Å². The third-order valence-corrected chi connectivity index (χ3v) is 3.31. The lowest BCUT2D eigenvalue weighted by atomic mass is 9.99. The first-order chi connectivity index (χ1) is 8.39. The lowest BCUT2D eigenvalue weighted by Gasteiger charge is -2.23. The van der Waals surface area contributed by atoms with Gasteiger partial charge in [0.15, 0.2) is 0 Å². The Hall–Kier alpha value is -1.12. The molecule has 1 aromatic carbocycles. The second-order valence-corrected chi connectivity index (χ2v) is 9.54. The molecule has 4 nitrogen and oxygen atoms in total. The Labute approximate surface area is 112 Å². The van der Waals surface area contributed by atoms with E-state index in [2.05, 4.69) is 34.6 Å². The lowest BCUT2D eigenvalue weighted by molar-refractivity contribution is -0.136. The van der Waals surface area contributed by atoms with Gasteiger partial charge in [-0.25, -0.2) is 0 Å². The summed E-state index contributed by atoms with van der Waals surface area (Å²) in [6.45, 7) is 5.84. The first-order valence-corrected chi connectivity index (χ1v) is 9.47. The predicted octanol–water partition coefficient (Wildman–Crippen LogP) is 1.60. The molecule has 0 saturated carbocycles. The van der Waals surface area contributed by atoms with Crippen molar-refractivity contribution < 1.29 is 18.8 Å². The quantitative estimate of drug-likeness (QED) is 0.833. The molecule has 0 saturated heterocycles. The molecule has 1 unspecified atom stereocenters. The Morgan fingerprint density at radius 1 is 1.39 bits per heavy atom. The van der Waals surface area contributed by atoms with Crippen LogP contribution in [-0.2, 0) is 9.22 Å². The number of hydrogen-bond acceptors (Lipinski definition) is 4. The Morgan fingerprint density at radius 3 is 2.50 bits per heavy atom. The molecule has 0 aliphatic heterocycles. The summed E-state index contributed by atoms with van der Waals surface area (Å²) >= 11 is 0. The van der Waals surface area contributed by atoms with Crippen molar-refractivity contribution in [2.75, 3.05) is 6.61 Å². The number of benzene rings is 1. The van der Waals surface area contributed by atoms with Gasteiger partial charge in [0.25, 0.3) is 0 Å². The first kappa shape index (κ1) is 14.9. The highest BCUT2D eigenvalue weighted by atomic mass is 28.4. The van der Waals surface area contributed by atoms with Gasteiger partial charge < -0.3 is 14.0 Å². The molecule has 18 heavy (non-hydrogen) atoms. The van der Waals surface area contributed by atoms with Crippen molar-refractivity contribution in [3.8, 4) is 5.75 Å². The van der Waals surface area contributed by atoms with E-state index in [0.29, 0.717) is 11.3 Å². The molecular formula is C12H17O4Si2. The molecule has 0 aromatic heterocycles. The summed E-state index contributed by atoms with van der Waals surface area (Å²) in [5.74, 6) is -0.649. The molecule has 0 aliphatic rings. The maximum atomic E-state index is 11.6. The highest BCUT2D eigenvalue weighted by molar-refractivity contribution is 6.70. The van der Waals surface area contributed by atoms with Gasteiger partial charge in [-0.1, -0.05) is 18.2 Å². The van der Waals surface area contributed by atoms with E-state index in [1.165, 1.54) is 0 Å². The van der Waals surface area contributed by atoms with Gasteiger partial charge >= 0.3 is 16.5 Å². The molecule has 0 bridgehead atoms. The zero-order chi connectivity index (χ0) is 13.8. The molecular weight excluding hydrogens is 264 g/mol. The smallest absolute Gasteiger partial charge is 0.345 e. The minimum Gasteiger partial charge on any atom is -0.544 e. The molecule has 0 amide bonds. The topological polar surface area (TPSA) is 55.8 Å². The van der Waals surface area contributed by atoms with Gasteiger partial charge in [0.2, 0.25) is 8.32 Å². The Balaban J connectivity index is 3.11. The van der Waals surface area contributed by atoms with Gasteiger partial charge in [-0.3, -0.25) is 4.79 Å².